The molecule has 1 saturated carbocycles. The lowest BCUT2D eigenvalue weighted by Crippen LogP contribution is -2.33. The van der Waals surface area contributed by atoms with E-state index >= 15 is 0 Å². The third-order valence-electron chi connectivity index (χ3n) is 3.25. The summed E-state index contributed by atoms with van der Waals surface area (Å²) in [5.74, 6) is -0.398. The lowest BCUT2D eigenvalue weighted by atomic mass is 10.2. The van der Waals surface area contributed by atoms with Gasteiger partial charge in [0.2, 0.25) is 0 Å². The second kappa shape index (κ2) is 5.67. The van der Waals surface area contributed by atoms with Gasteiger partial charge in [-0.2, -0.15) is 0 Å². The lowest BCUT2D eigenvalue weighted by molar-refractivity contribution is 0.0696. The van der Waals surface area contributed by atoms with Crippen LogP contribution in [-0.2, 0) is 0 Å². The van der Waals surface area contributed by atoms with Crippen LogP contribution in [0.5, 0.6) is 11.5 Å². The Morgan fingerprint density at radius 2 is 2.21 bits per heavy atom. The van der Waals surface area contributed by atoms with Crippen LogP contribution in [0.1, 0.15) is 29.6 Å². The number of aromatic carboxylic acids is 1. The molecule has 0 aliphatic heterocycles. The van der Waals surface area contributed by atoms with Crippen LogP contribution in [0, 0.1) is 0 Å². The van der Waals surface area contributed by atoms with Gasteiger partial charge in [-0.05, 0) is 31.4 Å². The summed E-state index contributed by atoms with van der Waals surface area (Å²) in [4.78, 5) is 11.0. The Balaban J connectivity index is 2.31. The van der Waals surface area contributed by atoms with Crippen LogP contribution in [0.4, 0.5) is 0 Å². The van der Waals surface area contributed by atoms with E-state index in [1.807, 2.05) is 0 Å². The minimum absolute atomic E-state index is 0.0278. The van der Waals surface area contributed by atoms with E-state index in [2.05, 4.69) is 0 Å². The van der Waals surface area contributed by atoms with Gasteiger partial charge in [-0.1, -0.05) is 11.6 Å². The fourth-order valence-electron chi connectivity index (χ4n) is 2.21. The highest BCUT2D eigenvalue weighted by molar-refractivity contribution is 6.32. The summed E-state index contributed by atoms with van der Waals surface area (Å²) in [5, 5.41) is 9.19. The van der Waals surface area contributed by atoms with Crippen molar-refractivity contribution in [3.8, 4) is 11.5 Å². The molecule has 19 heavy (non-hydrogen) atoms. The molecule has 0 heterocycles. The second-order valence-corrected chi connectivity index (χ2v) is 4.95. The molecule has 6 heteroatoms. The number of benzene rings is 1. The number of hydrogen-bond acceptors (Lipinski definition) is 4. The number of ether oxygens (including phenoxy) is 2. The molecule has 1 aliphatic carbocycles. The van der Waals surface area contributed by atoms with Gasteiger partial charge in [-0.25, -0.2) is 4.79 Å². The van der Waals surface area contributed by atoms with Crippen molar-refractivity contribution < 1.29 is 19.4 Å². The van der Waals surface area contributed by atoms with Crippen molar-refractivity contribution in [2.75, 3.05) is 7.11 Å². The van der Waals surface area contributed by atoms with Crippen LogP contribution < -0.4 is 15.2 Å². The van der Waals surface area contributed by atoms with Gasteiger partial charge in [0.25, 0.3) is 0 Å². The van der Waals surface area contributed by atoms with Gasteiger partial charge in [0, 0.05) is 6.04 Å². The summed E-state index contributed by atoms with van der Waals surface area (Å²) in [5.41, 5.74) is 6.00. The first-order chi connectivity index (χ1) is 9.02. The third-order valence-corrected chi connectivity index (χ3v) is 3.53. The summed E-state index contributed by atoms with van der Waals surface area (Å²) in [7, 11) is 1.44. The standard InChI is InChI=1S/C13H16ClNO4/c1-18-11-6-7(13(16)17)5-8(14)12(11)19-10-4-2-3-9(10)15/h5-6,9-10H,2-4,15H2,1H3,(H,16,17). The van der Waals surface area contributed by atoms with E-state index < -0.39 is 5.97 Å². The number of hydrogen-bond donors (Lipinski definition) is 2. The normalized spacial score (nSPS) is 22.3. The highest BCUT2D eigenvalue weighted by Crippen LogP contribution is 2.38. The summed E-state index contributed by atoms with van der Waals surface area (Å²) < 4.78 is 10.9. The molecule has 2 atom stereocenters. The average Bonchev–Trinajstić information content (AvgIpc) is 2.77. The highest BCUT2D eigenvalue weighted by Gasteiger charge is 2.28. The van der Waals surface area contributed by atoms with E-state index in [9.17, 15) is 4.79 Å². The molecule has 0 aromatic heterocycles. The Labute approximate surface area is 116 Å². The molecule has 2 rings (SSSR count). The molecule has 0 amide bonds. The molecule has 1 fully saturated rings. The average molecular weight is 286 g/mol. The van der Waals surface area contributed by atoms with Crippen molar-refractivity contribution in [3.63, 3.8) is 0 Å². The van der Waals surface area contributed by atoms with Crippen LogP contribution in [0.15, 0.2) is 12.1 Å². The number of nitrogens with two attached hydrogens (primary N) is 1. The molecule has 1 aromatic rings. The summed E-state index contributed by atoms with van der Waals surface area (Å²) in [6, 6.07) is 2.71. The topological polar surface area (TPSA) is 81.8 Å². The van der Waals surface area contributed by atoms with Crippen LogP contribution in [0.3, 0.4) is 0 Å². The predicted octanol–water partition coefficient (Wildman–Crippen LogP) is 2.31. The molecule has 1 aromatic carbocycles. The fourth-order valence-corrected chi connectivity index (χ4v) is 2.47. The summed E-state index contributed by atoms with van der Waals surface area (Å²) in [6.45, 7) is 0. The van der Waals surface area contributed by atoms with Crippen molar-refractivity contribution >= 4 is 17.6 Å². The Hall–Kier alpha value is -1.46. The van der Waals surface area contributed by atoms with Gasteiger partial charge < -0.3 is 20.3 Å². The van der Waals surface area contributed by atoms with Crippen LogP contribution >= 0.6 is 11.6 Å². The number of halogens is 1. The zero-order valence-electron chi connectivity index (χ0n) is 10.6. The minimum Gasteiger partial charge on any atom is -0.493 e. The van der Waals surface area contributed by atoms with Crippen molar-refractivity contribution in [2.24, 2.45) is 5.73 Å². The van der Waals surface area contributed by atoms with Gasteiger partial charge in [-0.15, -0.1) is 0 Å². The molecule has 5 nitrogen and oxygen atoms in total. The van der Waals surface area contributed by atoms with Crippen LogP contribution in [0.2, 0.25) is 5.02 Å². The molecule has 2 unspecified atom stereocenters. The smallest absolute Gasteiger partial charge is 0.335 e. The molecule has 0 radical (unpaired) electrons. The fraction of sp³-hybridized carbons (Fsp3) is 0.462. The Bertz CT molecular complexity index is 492. The van der Waals surface area contributed by atoms with Crippen LogP contribution in [0.25, 0.3) is 0 Å². The molecule has 0 bridgehead atoms. The molecule has 0 spiro atoms. The molecule has 3 N–H and O–H groups in total. The number of carbonyl (C=O) groups is 1. The number of carboxylic acid groups (broad SMARTS) is 1. The maximum absolute atomic E-state index is 11.0. The largest absolute Gasteiger partial charge is 0.493 e. The first-order valence-corrected chi connectivity index (χ1v) is 6.43. The predicted molar refractivity (Wildman–Crippen MR) is 71.2 cm³/mol. The van der Waals surface area contributed by atoms with Gasteiger partial charge in [0.15, 0.2) is 11.5 Å². The highest BCUT2D eigenvalue weighted by atomic mass is 35.5. The van der Waals surface area contributed by atoms with Gasteiger partial charge in [-0.3, -0.25) is 0 Å². The quantitative estimate of drug-likeness (QED) is 0.887. The van der Waals surface area contributed by atoms with E-state index in [1.54, 1.807) is 0 Å². The minimum atomic E-state index is -1.07. The van der Waals surface area contributed by atoms with Crippen molar-refractivity contribution in [1.82, 2.24) is 0 Å². The zero-order valence-corrected chi connectivity index (χ0v) is 11.3. The number of rotatable bonds is 4. The Morgan fingerprint density at radius 1 is 1.47 bits per heavy atom. The van der Waals surface area contributed by atoms with Gasteiger partial charge in [0.05, 0.1) is 17.7 Å². The first-order valence-electron chi connectivity index (χ1n) is 6.06. The Morgan fingerprint density at radius 3 is 2.74 bits per heavy atom. The molecule has 0 saturated heterocycles. The molecule has 104 valence electrons. The zero-order chi connectivity index (χ0) is 14.0. The number of carboxylic acids is 1. The maximum atomic E-state index is 11.0. The van der Waals surface area contributed by atoms with E-state index in [-0.39, 0.29) is 22.7 Å². The van der Waals surface area contributed by atoms with E-state index in [4.69, 9.17) is 31.9 Å². The molecular weight excluding hydrogens is 270 g/mol. The van der Waals surface area contributed by atoms with Crippen LogP contribution in [-0.4, -0.2) is 30.3 Å². The summed E-state index contributed by atoms with van der Waals surface area (Å²) in [6.07, 6.45) is 2.68. The lowest BCUT2D eigenvalue weighted by Gasteiger charge is -2.20. The van der Waals surface area contributed by atoms with Crippen molar-refractivity contribution in [2.45, 2.75) is 31.4 Å². The van der Waals surface area contributed by atoms with Crippen molar-refractivity contribution in [3.05, 3.63) is 22.7 Å². The SMILES string of the molecule is COc1cc(C(=O)O)cc(Cl)c1OC1CCCC1N. The second-order valence-electron chi connectivity index (χ2n) is 4.55. The third kappa shape index (κ3) is 2.93. The maximum Gasteiger partial charge on any atom is 0.335 e. The van der Waals surface area contributed by atoms with Gasteiger partial charge >= 0.3 is 5.97 Å². The van der Waals surface area contributed by atoms with Crippen molar-refractivity contribution in [1.29, 1.82) is 0 Å². The number of methoxy groups -OCH3 is 1. The molecular formula is C13H16ClNO4. The molecule has 1 aliphatic rings. The Kier molecular flexibility index (Phi) is 4.17. The van der Waals surface area contributed by atoms with E-state index in [1.165, 1.54) is 19.2 Å². The first kappa shape index (κ1) is 14.0. The van der Waals surface area contributed by atoms with Gasteiger partial charge in [0.1, 0.15) is 6.10 Å². The summed E-state index contributed by atoms with van der Waals surface area (Å²) >= 11 is 6.07. The van der Waals surface area contributed by atoms with E-state index in [0.717, 1.165) is 19.3 Å². The van der Waals surface area contributed by atoms with E-state index in [0.29, 0.717) is 11.5 Å². The monoisotopic (exact) mass is 285 g/mol.